The molecule has 1 atom stereocenters. The highest BCUT2D eigenvalue weighted by atomic mass is 32.2. The molecule has 0 saturated carbocycles. The van der Waals surface area contributed by atoms with Crippen LogP contribution in [0.5, 0.6) is 0 Å². The van der Waals surface area contributed by atoms with Crippen LogP contribution >= 0.6 is 0 Å². The van der Waals surface area contributed by atoms with E-state index in [4.69, 9.17) is 9.66 Å². The first kappa shape index (κ1) is 16.6. The van der Waals surface area contributed by atoms with Crippen LogP contribution < -0.4 is 5.14 Å². The molecule has 0 aliphatic rings. The molecule has 3 aromatic rings. The molecule has 0 amide bonds. The number of nitrogens with two attached hydrogens (primary N) is 1. The van der Waals surface area contributed by atoms with Gasteiger partial charge in [-0.1, -0.05) is 47.6 Å². The van der Waals surface area contributed by atoms with Crippen molar-refractivity contribution < 1.29 is 17.1 Å². The van der Waals surface area contributed by atoms with Crippen molar-refractivity contribution in [3.8, 4) is 22.4 Å². The Balaban J connectivity index is 2.19. The number of aromatic nitrogens is 1. The van der Waals surface area contributed by atoms with Crippen molar-refractivity contribution in [1.82, 2.24) is 5.16 Å². The van der Waals surface area contributed by atoms with Crippen LogP contribution in [0.4, 0.5) is 0 Å². The molecule has 1 heterocycles. The zero-order chi connectivity index (χ0) is 17.3. The van der Waals surface area contributed by atoms with E-state index >= 15 is 0 Å². The summed E-state index contributed by atoms with van der Waals surface area (Å²) in [6.07, 6.45) is 1.50. The van der Waals surface area contributed by atoms with Gasteiger partial charge in [0.2, 0.25) is 15.1 Å². The van der Waals surface area contributed by atoms with Crippen molar-refractivity contribution in [2.45, 2.75) is 9.99 Å². The number of hydrogen-bond acceptors (Lipinski definition) is 5. The zero-order valence-electron chi connectivity index (χ0n) is 12.7. The maximum Gasteiger partial charge on any atom is 0.238 e. The minimum Gasteiger partial charge on any atom is -0.346 e. The number of hydrogen-bond donors (Lipinski definition) is 1. The van der Waals surface area contributed by atoms with Crippen LogP contribution in [-0.4, -0.2) is 24.0 Å². The van der Waals surface area contributed by atoms with Crippen molar-refractivity contribution in [2.75, 3.05) is 6.26 Å². The summed E-state index contributed by atoms with van der Waals surface area (Å²) < 4.78 is 40.0. The second kappa shape index (κ2) is 6.31. The molecule has 124 valence electrons. The minimum absolute atomic E-state index is 0.00290. The Morgan fingerprint density at radius 3 is 2.17 bits per heavy atom. The molecular formula is C16H14N2O4S2. The highest BCUT2D eigenvalue weighted by Crippen LogP contribution is 2.36. The van der Waals surface area contributed by atoms with Crippen LogP contribution in [0.25, 0.3) is 22.4 Å². The van der Waals surface area contributed by atoms with Gasteiger partial charge in [0.15, 0.2) is 0 Å². The summed E-state index contributed by atoms with van der Waals surface area (Å²) in [6.45, 7) is 0. The Morgan fingerprint density at radius 1 is 1.00 bits per heavy atom. The summed E-state index contributed by atoms with van der Waals surface area (Å²) in [5.41, 5.74) is 2.57. The standard InChI is InChI=1S/C16H14N2O4S2/c1-23(19)16-14(11-7-9-13(10-8-11)24(17,20)21)15(18-22-16)12-5-3-2-4-6-12/h2-10H,1H3,(H2,17,20,21). The third kappa shape index (κ3) is 3.16. The Kier molecular flexibility index (Phi) is 4.35. The van der Waals surface area contributed by atoms with E-state index in [2.05, 4.69) is 5.16 Å². The van der Waals surface area contributed by atoms with Crippen LogP contribution in [0.1, 0.15) is 0 Å². The third-order valence-electron chi connectivity index (χ3n) is 3.44. The predicted octanol–water partition coefficient (Wildman–Crippen LogP) is 2.39. The molecule has 0 fully saturated rings. The van der Waals surface area contributed by atoms with Gasteiger partial charge in [-0.15, -0.1) is 0 Å². The van der Waals surface area contributed by atoms with Gasteiger partial charge in [-0.2, -0.15) is 0 Å². The largest absolute Gasteiger partial charge is 0.346 e. The number of nitrogens with zero attached hydrogens (tertiary/aromatic N) is 1. The maximum atomic E-state index is 12.0. The highest BCUT2D eigenvalue weighted by molar-refractivity contribution is 7.89. The maximum absolute atomic E-state index is 12.0. The van der Waals surface area contributed by atoms with E-state index in [1.807, 2.05) is 30.3 Å². The lowest BCUT2D eigenvalue weighted by atomic mass is 10.0. The molecule has 2 N–H and O–H groups in total. The molecule has 0 bridgehead atoms. The Hall–Kier alpha value is -2.29. The summed E-state index contributed by atoms with van der Waals surface area (Å²) >= 11 is 0. The number of rotatable bonds is 4. The van der Waals surface area contributed by atoms with Crippen LogP contribution in [0.2, 0.25) is 0 Å². The first-order chi connectivity index (χ1) is 11.4. The Labute approximate surface area is 141 Å². The predicted molar refractivity (Wildman–Crippen MR) is 91.1 cm³/mol. The summed E-state index contributed by atoms with van der Waals surface area (Å²) in [4.78, 5) is 0.00290. The molecule has 3 rings (SSSR count). The monoisotopic (exact) mass is 362 g/mol. The quantitative estimate of drug-likeness (QED) is 0.767. The molecule has 1 unspecified atom stereocenters. The van der Waals surface area contributed by atoms with Crippen molar-refractivity contribution in [1.29, 1.82) is 0 Å². The van der Waals surface area contributed by atoms with E-state index in [-0.39, 0.29) is 9.99 Å². The molecule has 0 radical (unpaired) electrons. The molecule has 0 aliphatic heterocycles. The van der Waals surface area contributed by atoms with Crippen LogP contribution in [0, 0.1) is 0 Å². The van der Waals surface area contributed by atoms with E-state index in [1.165, 1.54) is 18.4 Å². The number of benzene rings is 2. The molecule has 0 spiro atoms. The highest BCUT2D eigenvalue weighted by Gasteiger charge is 2.22. The van der Waals surface area contributed by atoms with Gasteiger partial charge in [-0.25, -0.2) is 13.6 Å². The molecule has 6 nitrogen and oxygen atoms in total. The normalized spacial score (nSPS) is 12.9. The average molecular weight is 362 g/mol. The Bertz CT molecular complexity index is 994. The summed E-state index contributed by atoms with van der Waals surface area (Å²) in [5, 5.41) is 9.40. The first-order valence-electron chi connectivity index (χ1n) is 6.89. The van der Waals surface area contributed by atoms with Crippen molar-refractivity contribution in [3.05, 3.63) is 54.6 Å². The summed E-state index contributed by atoms with van der Waals surface area (Å²) in [5.74, 6) is 0. The average Bonchev–Trinajstić information content (AvgIpc) is 3.00. The van der Waals surface area contributed by atoms with E-state index in [0.717, 1.165) is 5.56 Å². The van der Waals surface area contributed by atoms with Crippen LogP contribution in [0.15, 0.2) is 69.1 Å². The van der Waals surface area contributed by atoms with Crippen molar-refractivity contribution in [3.63, 3.8) is 0 Å². The van der Waals surface area contributed by atoms with E-state index in [0.29, 0.717) is 16.8 Å². The molecule has 0 aliphatic carbocycles. The SMILES string of the molecule is CS(=O)c1onc(-c2ccccc2)c1-c1ccc(S(N)(=O)=O)cc1. The fourth-order valence-electron chi connectivity index (χ4n) is 2.33. The van der Waals surface area contributed by atoms with Gasteiger partial charge in [0.25, 0.3) is 0 Å². The van der Waals surface area contributed by atoms with Gasteiger partial charge >= 0.3 is 0 Å². The van der Waals surface area contributed by atoms with Gasteiger partial charge in [-0.05, 0) is 17.7 Å². The third-order valence-corrected chi connectivity index (χ3v) is 5.17. The van der Waals surface area contributed by atoms with Crippen molar-refractivity contribution >= 4 is 20.8 Å². The summed E-state index contributed by atoms with van der Waals surface area (Å²) in [7, 11) is -5.16. The second-order valence-electron chi connectivity index (χ2n) is 5.08. The van der Waals surface area contributed by atoms with Gasteiger partial charge in [-0.3, -0.25) is 4.21 Å². The fraction of sp³-hybridized carbons (Fsp3) is 0.0625. The molecule has 2 aromatic carbocycles. The van der Waals surface area contributed by atoms with E-state index in [1.54, 1.807) is 12.1 Å². The molecule has 0 saturated heterocycles. The fourth-order valence-corrected chi connectivity index (χ4v) is 3.49. The van der Waals surface area contributed by atoms with Crippen LogP contribution in [-0.2, 0) is 20.8 Å². The second-order valence-corrected chi connectivity index (χ2v) is 7.92. The minimum atomic E-state index is -3.78. The lowest BCUT2D eigenvalue weighted by Gasteiger charge is -2.05. The molecule has 24 heavy (non-hydrogen) atoms. The smallest absolute Gasteiger partial charge is 0.238 e. The van der Waals surface area contributed by atoms with Gasteiger partial charge in [0.05, 0.1) is 21.3 Å². The zero-order valence-corrected chi connectivity index (χ0v) is 14.3. The molecule has 8 heteroatoms. The van der Waals surface area contributed by atoms with Gasteiger partial charge < -0.3 is 4.52 Å². The number of primary sulfonamides is 1. The van der Waals surface area contributed by atoms with E-state index in [9.17, 15) is 12.6 Å². The molecule has 1 aromatic heterocycles. The van der Waals surface area contributed by atoms with Crippen LogP contribution in [0.3, 0.4) is 0 Å². The van der Waals surface area contributed by atoms with Gasteiger partial charge in [0.1, 0.15) is 5.69 Å². The lowest BCUT2D eigenvalue weighted by molar-refractivity contribution is 0.348. The topological polar surface area (TPSA) is 103 Å². The molecular weight excluding hydrogens is 348 g/mol. The Morgan fingerprint density at radius 2 is 1.62 bits per heavy atom. The van der Waals surface area contributed by atoms with Gasteiger partial charge in [0, 0.05) is 11.8 Å². The number of sulfonamides is 1. The van der Waals surface area contributed by atoms with Crippen molar-refractivity contribution in [2.24, 2.45) is 5.14 Å². The lowest BCUT2D eigenvalue weighted by Crippen LogP contribution is -2.11. The first-order valence-corrected chi connectivity index (χ1v) is 10.00. The summed E-state index contributed by atoms with van der Waals surface area (Å²) in [6, 6.07) is 15.3. The van der Waals surface area contributed by atoms with E-state index < -0.39 is 20.8 Å².